The molecule has 30 heavy (non-hydrogen) atoms. The molecule has 1 aromatic carbocycles. The zero-order valence-electron chi connectivity index (χ0n) is 16.6. The van der Waals surface area contributed by atoms with E-state index < -0.39 is 0 Å². The number of carbonyl (C=O) groups excluding carboxylic acids is 1. The van der Waals surface area contributed by atoms with Gasteiger partial charge in [0.2, 0.25) is 11.9 Å². The van der Waals surface area contributed by atoms with E-state index in [0.29, 0.717) is 34.9 Å². The summed E-state index contributed by atoms with van der Waals surface area (Å²) >= 11 is 0. The summed E-state index contributed by atoms with van der Waals surface area (Å²) in [4.78, 5) is 21.1. The van der Waals surface area contributed by atoms with E-state index in [1.165, 1.54) is 4.68 Å². The summed E-state index contributed by atoms with van der Waals surface area (Å²) in [5.74, 6) is 0.951. The summed E-state index contributed by atoms with van der Waals surface area (Å²) in [5.41, 5.74) is 14.4. The van der Waals surface area contributed by atoms with E-state index in [1.54, 1.807) is 23.0 Å². The Labute approximate surface area is 172 Å². The number of nitrogens with two attached hydrogens (primary N) is 2. The minimum atomic E-state index is -0.250. The van der Waals surface area contributed by atoms with Crippen molar-refractivity contribution in [1.82, 2.24) is 29.5 Å². The van der Waals surface area contributed by atoms with Crippen molar-refractivity contribution in [3.05, 3.63) is 42.2 Å². The van der Waals surface area contributed by atoms with Crippen LogP contribution in [0.1, 0.15) is 12.6 Å². The fraction of sp³-hybridized carbons (Fsp3) is 0.211. The second-order valence-corrected chi connectivity index (χ2v) is 6.75. The van der Waals surface area contributed by atoms with Crippen molar-refractivity contribution in [3.63, 3.8) is 0 Å². The van der Waals surface area contributed by atoms with Crippen LogP contribution >= 0.6 is 0 Å². The van der Waals surface area contributed by atoms with Crippen molar-refractivity contribution in [2.45, 2.75) is 26.9 Å². The first-order valence-corrected chi connectivity index (χ1v) is 9.39. The Morgan fingerprint density at radius 1 is 1.13 bits per heavy atom. The molecule has 0 aliphatic heterocycles. The number of hydrogen-bond acceptors (Lipinski definition) is 8. The fourth-order valence-electron chi connectivity index (χ4n) is 3.09. The molecule has 4 rings (SSSR count). The van der Waals surface area contributed by atoms with Crippen LogP contribution in [-0.2, 0) is 17.9 Å². The molecule has 1 amide bonds. The number of fused-ring (bicyclic) bond motifs is 1. The molecule has 0 unspecified atom stereocenters. The third-order valence-corrected chi connectivity index (χ3v) is 4.45. The lowest BCUT2D eigenvalue weighted by molar-refractivity contribution is -0.116. The highest BCUT2D eigenvalue weighted by Gasteiger charge is 2.15. The number of anilines is 5. The third kappa shape index (κ3) is 3.85. The minimum absolute atomic E-state index is 0.0325. The zero-order valence-corrected chi connectivity index (χ0v) is 16.6. The van der Waals surface area contributed by atoms with E-state index in [-0.39, 0.29) is 18.4 Å². The summed E-state index contributed by atoms with van der Waals surface area (Å²) in [6.07, 6.45) is 1.60. The standard InChI is InChI=1S/C19H22N10O/c1-3-28-15(8-11(2)27-28)24-16(30)10-29-18-14(9-22-29)17(25-19(21)26-18)23-13-6-4-12(20)5-7-13/h4-9H,3,10,20H2,1-2H3,(H,24,30)(H3,21,23,25,26). The number of hydrogen-bond donors (Lipinski definition) is 4. The number of nitrogen functional groups attached to an aromatic ring is 2. The van der Waals surface area contributed by atoms with Crippen LogP contribution in [0.3, 0.4) is 0 Å². The first kappa shape index (κ1) is 19.2. The molecule has 0 saturated heterocycles. The molecule has 154 valence electrons. The molecule has 11 heteroatoms. The Kier molecular flexibility index (Phi) is 4.92. The second kappa shape index (κ2) is 7.70. The Balaban J connectivity index is 1.58. The number of nitrogens with one attached hydrogen (secondary N) is 2. The van der Waals surface area contributed by atoms with Gasteiger partial charge in [0.1, 0.15) is 18.2 Å². The number of amides is 1. The van der Waals surface area contributed by atoms with Crippen LogP contribution < -0.4 is 22.1 Å². The van der Waals surface area contributed by atoms with E-state index in [4.69, 9.17) is 11.5 Å². The summed E-state index contributed by atoms with van der Waals surface area (Å²) < 4.78 is 3.21. The van der Waals surface area contributed by atoms with Gasteiger partial charge in [0.15, 0.2) is 5.65 Å². The van der Waals surface area contributed by atoms with Gasteiger partial charge in [0.25, 0.3) is 0 Å². The van der Waals surface area contributed by atoms with E-state index in [0.717, 1.165) is 11.4 Å². The van der Waals surface area contributed by atoms with Crippen molar-refractivity contribution in [2.75, 3.05) is 22.1 Å². The van der Waals surface area contributed by atoms with Crippen LogP contribution in [0, 0.1) is 6.92 Å². The van der Waals surface area contributed by atoms with Gasteiger partial charge >= 0.3 is 0 Å². The van der Waals surface area contributed by atoms with Gasteiger partial charge in [-0.2, -0.15) is 20.2 Å². The average Bonchev–Trinajstić information content (AvgIpc) is 3.26. The topological polar surface area (TPSA) is 155 Å². The molecule has 0 fully saturated rings. The van der Waals surface area contributed by atoms with E-state index in [1.807, 2.05) is 32.0 Å². The van der Waals surface area contributed by atoms with Gasteiger partial charge < -0.3 is 22.1 Å². The lowest BCUT2D eigenvalue weighted by Crippen LogP contribution is -2.21. The molecule has 4 aromatic rings. The Hall–Kier alpha value is -4.15. The summed E-state index contributed by atoms with van der Waals surface area (Å²) in [6, 6.07) is 9.03. The molecule has 3 heterocycles. The molecule has 0 bridgehead atoms. The number of nitrogens with zero attached hydrogens (tertiary/aromatic N) is 6. The van der Waals surface area contributed by atoms with Gasteiger partial charge in [0, 0.05) is 24.0 Å². The Morgan fingerprint density at radius 3 is 2.63 bits per heavy atom. The molecular weight excluding hydrogens is 384 g/mol. The monoisotopic (exact) mass is 406 g/mol. The maximum Gasteiger partial charge on any atom is 0.247 e. The van der Waals surface area contributed by atoms with Crippen molar-refractivity contribution in [1.29, 1.82) is 0 Å². The SMILES string of the molecule is CCn1nc(C)cc1NC(=O)Cn1ncc2c(Nc3ccc(N)cc3)nc(N)nc21. The summed E-state index contributed by atoms with van der Waals surface area (Å²) in [6.45, 7) is 4.45. The maximum absolute atomic E-state index is 12.6. The summed E-state index contributed by atoms with van der Waals surface area (Å²) in [7, 11) is 0. The largest absolute Gasteiger partial charge is 0.399 e. The highest BCUT2D eigenvalue weighted by molar-refractivity contribution is 5.93. The van der Waals surface area contributed by atoms with Crippen LogP contribution in [0.4, 0.5) is 29.0 Å². The third-order valence-electron chi connectivity index (χ3n) is 4.45. The lowest BCUT2D eigenvalue weighted by atomic mass is 10.3. The van der Waals surface area contributed by atoms with Crippen molar-refractivity contribution in [2.24, 2.45) is 0 Å². The van der Waals surface area contributed by atoms with E-state index >= 15 is 0 Å². The average molecular weight is 406 g/mol. The molecule has 11 nitrogen and oxygen atoms in total. The molecular formula is C19H22N10O. The highest BCUT2D eigenvalue weighted by Crippen LogP contribution is 2.25. The van der Waals surface area contributed by atoms with Crippen LogP contribution in [0.15, 0.2) is 36.5 Å². The Bertz CT molecular complexity index is 1210. The fourth-order valence-corrected chi connectivity index (χ4v) is 3.09. The van der Waals surface area contributed by atoms with Crippen LogP contribution in [0.5, 0.6) is 0 Å². The van der Waals surface area contributed by atoms with Crippen LogP contribution in [-0.4, -0.2) is 35.4 Å². The number of aromatic nitrogens is 6. The number of benzene rings is 1. The number of carbonyl (C=O) groups is 1. The van der Waals surface area contributed by atoms with Crippen molar-refractivity contribution >= 4 is 45.9 Å². The van der Waals surface area contributed by atoms with E-state index in [2.05, 4.69) is 30.8 Å². The highest BCUT2D eigenvalue weighted by atomic mass is 16.2. The molecule has 0 spiro atoms. The molecule has 6 N–H and O–H groups in total. The first-order chi connectivity index (χ1) is 14.4. The van der Waals surface area contributed by atoms with Crippen LogP contribution in [0.25, 0.3) is 11.0 Å². The van der Waals surface area contributed by atoms with Gasteiger partial charge in [0.05, 0.1) is 17.3 Å². The number of rotatable bonds is 6. The second-order valence-electron chi connectivity index (χ2n) is 6.75. The minimum Gasteiger partial charge on any atom is -0.399 e. The molecule has 0 radical (unpaired) electrons. The first-order valence-electron chi connectivity index (χ1n) is 9.39. The molecule has 3 aromatic heterocycles. The lowest BCUT2D eigenvalue weighted by Gasteiger charge is -2.09. The predicted octanol–water partition coefficient (Wildman–Crippen LogP) is 1.90. The smallest absolute Gasteiger partial charge is 0.247 e. The predicted molar refractivity (Wildman–Crippen MR) is 115 cm³/mol. The van der Waals surface area contributed by atoms with Gasteiger partial charge in [-0.15, -0.1) is 0 Å². The number of aryl methyl sites for hydroxylation is 2. The molecule has 0 aliphatic carbocycles. The normalized spacial score (nSPS) is 11.0. The maximum atomic E-state index is 12.6. The quantitative estimate of drug-likeness (QED) is 0.354. The van der Waals surface area contributed by atoms with Gasteiger partial charge in [-0.3, -0.25) is 4.79 Å². The van der Waals surface area contributed by atoms with Gasteiger partial charge in [-0.25, -0.2) is 9.36 Å². The molecule has 0 atom stereocenters. The van der Waals surface area contributed by atoms with E-state index in [9.17, 15) is 4.79 Å². The van der Waals surface area contributed by atoms with Crippen molar-refractivity contribution < 1.29 is 4.79 Å². The van der Waals surface area contributed by atoms with Gasteiger partial charge in [-0.05, 0) is 38.1 Å². The molecule has 0 saturated carbocycles. The van der Waals surface area contributed by atoms with Crippen molar-refractivity contribution in [3.8, 4) is 0 Å². The molecule has 0 aliphatic rings. The van der Waals surface area contributed by atoms with Gasteiger partial charge in [-0.1, -0.05) is 0 Å². The Morgan fingerprint density at radius 2 is 1.90 bits per heavy atom. The summed E-state index contributed by atoms with van der Waals surface area (Å²) in [5, 5.41) is 15.3. The zero-order chi connectivity index (χ0) is 21.3. The van der Waals surface area contributed by atoms with Crippen LogP contribution in [0.2, 0.25) is 0 Å².